The number of aromatic nitrogens is 2. The minimum Gasteiger partial charge on any atom is -0.443 e. The normalized spacial score (nSPS) is 11.0. The Morgan fingerprint density at radius 2 is 1.75 bits per heavy atom. The fraction of sp³-hybridized carbons (Fsp3) is 0.100. The second-order valence-electron chi connectivity index (χ2n) is 6.12. The zero-order valence-electron chi connectivity index (χ0n) is 14.8. The fourth-order valence-corrected chi connectivity index (χ4v) is 3.90. The second-order valence-corrected chi connectivity index (χ2v) is 8.20. The Kier molecular flexibility index (Phi) is 5.26. The van der Waals surface area contributed by atoms with Crippen molar-refractivity contribution in [3.05, 3.63) is 75.3 Å². The van der Waals surface area contributed by atoms with E-state index in [0.29, 0.717) is 15.7 Å². The Balaban J connectivity index is 1.58. The molecule has 142 valence electrons. The molecule has 0 saturated heterocycles. The minimum atomic E-state index is -0.550. The molecule has 0 saturated carbocycles. The van der Waals surface area contributed by atoms with Gasteiger partial charge in [0.2, 0.25) is 0 Å². The van der Waals surface area contributed by atoms with Gasteiger partial charge in [0.05, 0.1) is 11.4 Å². The summed E-state index contributed by atoms with van der Waals surface area (Å²) in [6.07, 6.45) is 1.44. The van der Waals surface area contributed by atoms with Gasteiger partial charge < -0.3 is 4.74 Å². The summed E-state index contributed by atoms with van der Waals surface area (Å²) in [4.78, 5) is 18.9. The van der Waals surface area contributed by atoms with Gasteiger partial charge >= 0.3 is 6.09 Å². The number of halogens is 2. The number of anilines is 1. The molecule has 4 aromatic rings. The number of ether oxygens (including phenoxy) is 1. The smallest absolute Gasteiger partial charge is 0.412 e. The summed E-state index contributed by atoms with van der Waals surface area (Å²) < 4.78 is 7.42. The maximum absolute atomic E-state index is 12.2. The number of hydrogen-bond acceptors (Lipinski definition) is 4. The van der Waals surface area contributed by atoms with Gasteiger partial charge in [-0.25, -0.2) is 9.78 Å². The summed E-state index contributed by atoms with van der Waals surface area (Å²) in [6.45, 7) is 2.09. The van der Waals surface area contributed by atoms with E-state index in [4.69, 9.17) is 32.9 Å². The lowest BCUT2D eigenvalue weighted by atomic mass is 10.1. The van der Waals surface area contributed by atoms with E-state index in [1.54, 1.807) is 35.6 Å². The summed E-state index contributed by atoms with van der Waals surface area (Å²) in [5.41, 5.74) is 3.09. The van der Waals surface area contributed by atoms with Crippen LogP contribution < -0.4 is 5.32 Å². The van der Waals surface area contributed by atoms with Crippen LogP contribution in [-0.4, -0.2) is 15.5 Å². The molecule has 1 amide bonds. The van der Waals surface area contributed by atoms with Gasteiger partial charge in [0.15, 0.2) is 4.96 Å². The first-order valence-corrected chi connectivity index (χ1v) is 9.99. The van der Waals surface area contributed by atoms with Gasteiger partial charge in [-0.1, -0.05) is 35.3 Å². The Hall–Kier alpha value is -2.54. The van der Waals surface area contributed by atoms with Crippen LogP contribution in [0.15, 0.2) is 54.7 Å². The van der Waals surface area contributed by atoms with Gasteiger partial charge in [-0.2, -0.15) is 0 Å². The largest absolute Gasteiger partial charge is 0.443 e. The van der Waals surface area contributed by atoms with E-state index >= 15 is 0 Å². The SMILES string of the molecule is Cc1cn2c(COC(=O)Nc3ccc(Cl)cc3)c(-c3ccc(Cl)cc3)nc2s1. The van der Waals surface area contributed by atoms with Crippen molar-refractivity contribution < 1.29 is 9.53 Å². The van der Waals surface area contributed by atoms with E-state index in [-0.39, 0.29) is 6.61 Å². The minimum absolute atomic E-state index is 0.0781. The predicted octanol–water partition coefficient (Wildman–Crippen LogP) is 6.43. The molecule has 5 nitrogen and oxygen atoms in total. The first-order valence-electron chi connectivity index (χ1n) is 8.42. The molecule has 2 aromatic heterocycles. The topological polar surface area (TPSA) is 55.6 Å². The van der Waals surface area contributed by atoms with Crippen molar-refractivity contribution in [1.82, 2.24) is 9.38 Å². The van der Waals surface area contributed by atoms with Crippen molar-refractivity contribution in [1.29, 1.82) is 0 Å². The number of nitrogens with one attached hydrogen (secondary N) is 1. The number of imidazole rings is 1. The highest BCUT2D eigenvalue weighted by molar-refractivity contribution is 7.17. The van der Waals surface area contributed by atoms with Crippen LogP contribution in [0.1, 0.15) is 10.6 Å². The van der Waals surface area contributed by atoms with E-state index in [2.05, 4.69) is 5.32 Å². The summed E-state index contributed by atoms with van der Waals surface area (Å²) >= 11 is 13.4. The zero-order valence-corrected chi connectivity index (χ0v) is 17.1. The van der Waals surface area contributed by atoms with Crippen LogP contribution in [0.4, 0.5) is 10.5 Å². The van der Waals surface area contributed by atoms with Crippen LogP contribution in [0, 0.1) is 6.92 Å². The Labute approximate surface area is 175 Å². The summed E-state index contributed by atoms with van der Waals surface area (Å²) in [6, 6.07) is 14.2. The molecule has 1 N–H and O–H groups in total. The highest BCUT2D eigenvalue weighted by Gasteiger charge is 2.17. The van der Waals surface area contributed by atoms with Crippen molar-refractivity contribution in [2.45, 2.75) is 13.5 Å². The number of nitrogens with zero attached hydrogens (tertiary/aromatic N) is 2. The number of carbonyl (C=O) groups is 1. The molecular formula is C20H15Cl2N3O2S. The molecule has 0 aliphatic heterocycles. The maximum Gasteiger partial charge on any atom is 0.412 e. The average molecular weight is 432 g/mol. The number of fused-ring (bicyclic) bond motifs is 1. The summed E-state index contributed by atoms with van der Waals surface area (Å²) in [5.74, 6) is 0. The summed E-state index contributed by atoms with van der Waals surface area (Å²) in [5, 5.41) is 3.94. The van der Waals surface area contributed by atoms with E-state index in [0.717, 1.165) is 26.8 Å². The van der Waals surface area contributed by atoms with Crippen LogP contribution in [0.3, 0.4) is 0 Å². The van der Waals surface area contributed by atoms with Gasteiger partial charge in [-0.3, -0.25) is 9.72 Å². The third-order valence-corrected chi connectivity index (χ3v) is 5.49. The maximum atomic E-state index is 12.2. The van der Waals surface area contributed by atoms with Gasteiger partial charge in [0, 0.05) is 32.4 Å². The third kappa shape index (κ3) is 3.99. The lowest BCUT2D eigenvalue weighted by Crippen LogP contribution is -2.14. The fourth-order valence-electron chi connectivity index (χ4n) is 2.80. The third-order valence-electron chi connectivity index (χ3n) is 4.09. The number of benzene rings is 2. The lowest BCUT2D eigenvalue weighted by Gasteiger charge is -2.08. The van der Waals surface area contributed by atoms with Crippen molar-refractivity contribution in [3.63, 3.8) is 0 Å². The number of amides is 1. The molecule has 0 aliphatic carbocycles. The van der Waals surface area contributed by atoms with E-state index < -0.39 is 6.09 Å². The Morgan fingerprint density at radius 1 is 1.11 bits per heavy atom. The Bertz CT molecular complexity index is 1130. The van der Waals surface area contributed by atoms with Crippen LogP contribution in [0.5, 0.6) is 0 Å². The van der Waals surface area contributed by atoms with E-state index in [9.17, 15) is 4.79 Å². The molecule has 0 bridgehead atoms. The number of aryl methyl sites for hydroxylation is 1. The lowest BCUT2D eigenvalue weighted by molar-refractivity contribution is 0.153. The predicted molar refractivity (Wildman–Crippen MR) is 114 cm³/mol. The zero-order chi connectivity index (χ0) is 19.7. The molecule has 8 heteroatoms. The van der Waals surface area contributed by atoms with Crippen molar-refractivity contribution >= 4 is 51.3 Å². The van der Waals surface area contributed by atoms with Gasteiger partial charge in [-0.05, 0) is 43.3 Å². The van der Waals surface area contributed by atoms with Crippen LogP contribution in [-0.2, 0) is 11.3 Å². The number of hydrogen-bond donors (Lipinski definition) is 1. The first-order chi connectivity index (χ1) is 13.5. The molecule has 4 rings (SSSR count). The monoisotopic (exact) mass is 431 g/mol. The highest BCUT2D eigenvalue weighted by Crippen LogP contribution is 2.29. The van der Waals surface area contributed by atoms with E-state index in [1.165, 1.54) is 0 Å². The first kappa shape index (κ1) is 18.8. The second kappa shape index (κ2) is 7.83. The highest BCUT2D eigenvalue weighted by atomic mass is 35.5. The van der Waals surface area contributed by atoms with Crippen molar-refractivity contribution in [2.24, 2.45) is 0 Å². The molecule has 0 aliphatic rings. The number of thiazole rings is 1. The van der Waals surface area contributed by atoms with Crippen molar-refractivity contribution in [2.75, 3.05) is 5.32 Å². The molecule has 2 aromatic carbocycles. The Morgan fingerprint density at radius 3 is 2.43 bits per heavy atom. The quantitative estimate of drug-likeness (QED) is 0.405. The standard InChI is InChI=1S/C20H15Cl2N3O2S/c1-12-10-25-17(11-27-20(26)23-16-8-6-15(22)7-9-16)18(24-19(25)28-12)13-2-4-14(21)5-3-13/h2-10H,11H2,1H3,(H,23,26). The van der Waals surface area contributed by atoms with Crippen LogP contribution in [0.2, 0.25) is 10.0 Å². The molecule has 0 fully saturated rings. The van der Waals surface area contributed by atoms with Gasteiger partial charge in [-0.15, -0.1) is 11.3 Å². The molecule has 0 unspecified atom stereocenters. The molecule has 0 radical (unpaired) electrons. The molecule has 2 heterocycles. The molecule has 0 spiro atoms. The summed E-state index contributed by atoms with van der Waals surface area (Å²) in [7, 11) is 0. The molecular weight excluding hydrogens is 417 g/mol. The van der Waals surface area contributed by atoms with Gasteiger partial charge in [0.25, 0.3) is 0 Å². The van der Waals surface area contributed by atoms with E-state index in [1.807, 2.05) is 41.8 Å². The van der Waals surface area contributed by atoms with Crippen LogP contribution >= 0.6 is 34.5 Å². The number of carbonyl (C=O) groups excluding carboxylic acids is 1. The average Bonchev–Trinajstić information content (AvgIpc) is 3.19. The molecule has 28 heavy (non-hydrogen) atoms. The number of rotatable bonds is 4. The van der Waals surface area contributed by atoms with Crippen LogP contribution in [0.25, 0.3) is 16.2 Å². The van der Waals surface area contributed by atoms with Gasteiger partial charge in [0.1, 0.15) is 6.61 Å². The molecule has 0 atom stereocenters. The van der Waals surface area contributed by atoms with Crippen molar-refractivity contribution in [3.8, 4) is 11.3 Å².